The van der Waals surface area contributed by atoms with Crippen molar-refractivity contribution in [1.29, 1.82) is 0 Å². The largest absolute Gasteiger partial charge is 0.491 e. The van der Waals surface area contributed by atoms with Crippen LogP contribution in [0.25, 0.3) is 0 Å². The van der Waals surface area contributed by atoms with Crippen molar-refractivity contribution >= 4 is 5.97 Å². The summed E-state index contributed by atoms with van der Waals surface area (Å²) >= 11 is 0. The van der Waals surface area contributed by atoms with Gasteiger partial charge in [0.25, 0.3) is 0 Å². The second-order valence-electron chi connectivity index (χ2n) is 12.5. The molecular formula is C36H58NO3+. The zero-order valence-corrected chi connectivity index (χ0v) is 26.3. The Balaban J connectivity index is 1.58. The average molecular weight is 553 g/mol. The molecule has 0 bridgehead atoms. The van der Waals surface area contributed by atoms with Crippen LogP contribution in [0.1, 0.15) is 109 Å². The zero-order chi connectivity index (χ0) is 29.1. The fourth-order valence-corrected chi connectivity index (χ4v) is 5.17. The van der Waals surface area contributed by atoms with Gasteiger partial charge in [0.05, 0.1) is 39.3 Å². The van der Waals surface area contributed by atoms with Gasteiger partial charge in [-0.15, -0.1) is 0 Å². The maximum atomic E-state index is 12.6. The molecule has 0 spiro atoms. The van der Waals surface area contributed by atoms with Gasteiger partial charge in [-0.2, -0.15) is 0 Å². The smallest absolute Gasteiger partial charge is 0.308 e. The van der Waals surface area contributed by atoms with Gasteiger partial charge in [-0.05, 0) is 37.5 Å². The fourth-order valence-electron chi connectivity index (χ4n) is 5.17. The van der Waals surface area contributed by atoms with Crippen LogP contribution >= 0.6 is 0 Å². The summed E-state index contributed by atoms with van der Waals surface area (Å²) < 4.78 is 12.6. The molecule has 0 aliphatic carbocycles. The number of rotatable bonds is 22. The molecule has 2 aromatic rings. The summed E-state index contributed by atoms with van der Waals surface area (Å²) in [7, 11) is 4.44. The Bertz CT molecular complexity index is 927. The van der Waals surface area contributed by atoms with E-state index in [4.69, 9.17) is 9.47 Å². The molecule has 0 aliphatic heterocycles. The van der Waals surface area contributed by atoms with Gasteiger partial charge in [0.2, 0.25) is 0 Å². The van der Waals surface area contributed by atoms with Crippen LogP contribution in [-0.4, -0.2) is 43.8 Å². The number of benzene rings is 2. The highest BCUT2D eigenvalue weighted by Gasteiger charge is 2.22. The van der Waals surface area contributed by atoms with E-state index in [1.54, 1.807) is 0 Å². The Morgan fingerprint density at radius 2 is 1.40 bits per heavy atom. The number of carbonyl (C=O) groups is 1. The Morgan fingerprint density at radius 3 is 2.08 bits per heavy atom. The van der Waals surface area contributed by atoms with Gasteiger partial charge in [0.15, 0.2) is 0 Å². The molecule has 0 saturated carbocycles. The molecule has 0 aromatic heterocycles. The van der Waals surface area contributed by atoms with Gasteiger partial charge >= 0.3 is 5.97 Å². The Labute approximate surface area is 246 Å². The van der Waals surface area contributed by atoms with E-state index >= 15 is 0 Å². The SMILES string of the molecule is CCCCCCCCCCCCc1cccc(OC(C)CCOC(=O)C(C)CC[N+](C)(C)Cc2ccccc2)c1. The van der Waals surface area contributed by atoms with E-state index < -0.39 is 0 Å². The van der Waals surface area contributed by atoms with Gasteiger partial charge in [-0.25, -0.2) is 0 Å². The van der Waals surface area contributed by atoms with Crippen LogP contribution in [0.15, 0.2) is 54.6 Å². The van der Waals surface area contributed by atoms with E-state index in [1.165, 1.54) is 75.3 Å². The highest BCUT2D eigenvalue weighted by molar-refractivity contribution is 5.71. The first-order valence-electron chi connectivity index (χ1n) is 16.1. The summed E-state index contributed by atoms with van der Waals surface area (Å²) in [5.74, 6) is 0.701. The number of hydrogen-bond acceptors (Lipinski definition) is 3. The molecule has 0 heterocycles. The summed E-state index contributed by atoms with van der Waals surface area (Å²) in [5, 5.41) is 0. The molecule has 0 aliphatic rings. The minimum Gasteiger partial charge on any atom is -0.491 e. The second-order valence-corrected chi connectivity index (χ2v) is 12.5. The van der Waals surface area contributed by atoms with Crippen LogP contribution in [0.5, 0.6) is 5.75 Å². The molecule has 40 heavy (non-hydrogen) atoms. The molecule has 2 unspecified atom stereocenters. The summed E-state index contributed by atoms with van der Waals surface area (Å²) in [6, 6.07) is 19.0. The predicted molar refractivity (Wildman–Crippen MR) is 169 cm³/mol. The van der Waals surface area contributed by atoms with Gasteiger partial charge in [0.1, 0.15) is 12.3 Å². The molecule has 0 amide bonds. The lowest BCUT2D eigenvalue weighted by atomic mass is 10.0. The molecular weight excluding hydrogens is 494 g/mol. The van der Waals surface area contributed by atoms with E-state index in [0.717, 1.165) is 36.2 Å². The lowest BCUT2D eigenvalue weighted by molar-refractivity contribution is -0.904. The maximum Gasteiger partial charge on any atom is 0.308 e. The first kappa shape index (κ1) is 33.9. The minimum atomic E-state index is -0.106. The van der Waals surface area contributed by atoms with Crippen molar-refractivity contribution < 1.29 is 18.8 Å². The standard InChI is InChI=1S/C36H58NO3/c1-6-7-8-9-10-11-12-13-14-16-20-33-23-19-24-35(29-33)40-32(3)26-28-39-36(38)31(2)25-27-37(4,5)30-34-21-17-15-18-22-34/h15,17-19,21-24,29,31-32H,6-14,16,20,25-28,30H2,1-5H3/q+1. The summed E-state index contributed by atoms with van der Waals surface area (Å²) in [5.41, 5.74) is 2.67. The maximum absolute atomic E-state index is 12.6. The molecule has 2 atom stereocenters. The van der Waals surface area contributed by atoms with Crippen molar-refractivity contribution in [2.75, 3.05) is 27.2 Å². The molecule has 2 aromatic carbocycles. The zero-order valence-electron chi connectivity index (χ0n) is 26.3. The molecule has 2 rings (SSSR count). The number of quaternary nitrogens is 1. The van der Waals surface area contributed by atoms with Crippen LogP contribution in [-0.2, 0) is 22.5 Å². The number of ether oxygens (including phenoxy) is 2. The van der Waals surface area contributed by atoms with Crippen LogP contribution in [0.3, 0.4) is 0 Å². The normalized spacial score (nSPS) is 13.1. The van der Waals surface area contributed by atoms with Crippen molar-refractivity contribution in [1.82, 2.24) is 0 Å². The molecule has 4 nitrogen and oxygen atoms in total. The van der Waals surface area contributed by atoms with Crippen molar-refractivity contribution in [3.05, 3.63) is 65.7 Å². The van der Waals surface area contributed by atoms with E-state index in [1.807, 2.05) is 19.1 Å². The molecule has 4 heteroatoms. The number of aryl methyl sites for hydroxylation is 1. The average Bonchev–Trinajstić information content (AvgIpc) is 2.93. The molecule has 224 valence electrons. The Kier molecular flexibility index (Phi) is 16.7. The van der Waals surface area contributed by atoms with Crippen molar-refractivity contribution in [3.8, 4) is 5.75 Å². The highest BCUT2D eigenvalue weighted by Crippen LogP contribution is 2.19. The lowest BCUT2D eigenvalue weighted by Gasteiger charge is -2.30. The summed E-state index contributed by atoms with van der Waals surface area (Å²) in [6.45, 7) is 8.59. The van der Waals surface area contributed by atoms with Gasteiger partial charge < -0.3 is 14.0 Å². The van der Waals surface area contributed by atoms with Gasteiger partial charge in [-0.1, -0.05) is 114 Å². The number of carbonyl (C=O) groups excluding carboxylic acids is 1. The van der Waals surface area contributed by atoms with Gasteiger partial charge in [0, 0.05) is 18.4 Å². The second kappa shape index (κ2) is 19.7. The monoisotopic (exact) mass is 552 g/mol. The van der Waals surface area contributed by atoms with Crippen LogP contribution in [0.2, 0.25) is 0 Å². The molecule has 0 radical (unpaired) electrons. The topological polar surface area (TPSA) is 35.5 Å². The number of unbranched alkanes of at least 4 members (excludes halogenated alkanes) is 9. The quantitative estimate of drug-likeness (QED) is 0.0830. The first-order chi connectivity index (χ1) is 19.3. The van der Waals surface area contributed by atoms with Crippen LogP contribution < -0.4 is 4.74 Å². The van der Waals surface area contributed by atoms with Crippen molar-refractivity contribution in [2.24, 2.45) is 5.92 Å². The first-order valence-corrected chi connectivity index (χ1v) is 16.1. The highest BCUT2D eigenvalue weighted by atomic mass is 16.5. The Hall–Kier alpha value is -2.33. The summed E-state index contributed by atoms with van der Waals surface area (Å²) in [6.07, 6.45) is 16.2. The van der Waals surface area contributed by atoms with Crippen molar-refractivity contribution in [2.45, 2.75) is 117 Å². The minimum absolute atomic E-state index is 0.00263. The van der Waals surface area contributed by atoms with E-state index in [-0.39, 0.29) is 18.0 Å². The third kappa shape index (κ3) is 15.5. The van der Waals surface area contributed by atoms with Crippen LogP contribution in [0, 0.1) is 5.92 Å². The number of hydrogen-bond donors (Lipinski definition) is 0. The molecule has 0 saturated heterocycles. The van der Waals surface area contributed by atoms with E-state index in [9.17, 15) is 4.79 Å². The Morgan fingerprint density at radius 1 is 0.775 bits per heavy atom. The fraction of sp³-hybridized carbons (Fsp3) is 0.639. The third-order valence-electron chi connectivity index (χ3n) is 7.85. The molecule has 0 N–H and O–H groups in total. The predicted octanol–water partition coefficient (Wildman–Crippen LogP) is 9.15. The third-order valence-corrected chi connectivity index (χ3v) is 7.85. The van der Waals surface area contributed by atoms with Crippen LogP contribution in [0.4, 0.5) is 0 Å². The van der Waals surface area contributed by atoms with E-state index in [0.29, 0.717) is 13.0 Å². The van der Waals surface area contributed by atoms with Crippen molar-refractivity contribution in [3.63, 3.8) is 0 Å². The lowest BCUT2D eigenvalue weighted by Crippen LogP contribution is -2.40. The number of nitrogens with zero attached hydrogens (tertiary/aromatic N) is 1. The molecule has 0 fully saturated rings. The summed E-state index contributed by atoms with van der Waals surface area (Å²) in [4.78, 5) is 12.6. The number of esters is 1. The van der Waals surface area contributed by atoms with Gasteiger partial charge in [-0.3, -0.25) is 4.79 Å². The van der Waals surface area contributed by atoms with E-state index in [2.05, 4.69) is 70.4 Å².